The summed E-state index contributed by atoms with van der Waals surface area (Å²) in [6, 6.07) is 18.2. The monoisotopic (exact) mass is 297 g/mol. The zero-order valence-electron chi connectivity index (χ0n) is 11.9. The Balaban J connectivity index is 2.07. The lowest BCUT2D eigenvalue weighted by Gasteiger charge is -2.31. The summed E-state index contributed by atoms with van der Waals surface area (Å²) in [4.78, 5) is 23.1. The molecule has 5 nitrogen and oxygen atoms in total. The van der Waals surface area contributed by atoms with Crippen molar-refractivity contribution < 1.29 is 24.6 Å². The average molecular weight is 297 g/mol. The summed E-state index contributed by atoms with van der Waals surface area (Å²) in [5.74, 6) is -1.49. The highest BCUT2D eigenvalue weighted by Gasteiger charge is 2.50. The van der Waals surface area contributed by atoms with Crippen LogP contribution in [-0.2, 0) is 14.2 Å². The van der Waals surface area contributed by atoms with Gasteiger partial charge in [-0.1, -0.05) is 71.6 Å². The van der Waals surface area contributed by atoms with E-state index in [1.165, 1.54) is 0 Å². The highest BCUT2D eigenvalue weighted by Crippen LogP contribution is 2.09. The largest absolute Gasteiger partial charge is 0.628 e. The van der Waals surface area contributed by atoms with Gasteiger partial charge in [0.2, 0.25) is 0 Å². The van der Waals surface area contributed by atoms with Crippen molar-refractivity contribution in [2.24, 2.45) is 0 Å². The predicted molar refractivity (Wildman–Crippen MR) is 82.0 cm³/mol. The van der Waals surface area contributed by atoms with Crippen LogP contribution in [-0.4, -0.2) is 29.6 Å². The van der Waals surface area contributed by atoms with Crippen LogP contribution in [0.4, 0.5) is 0 Å². The molecule has 0 radical (unpaired) electrons. The van der Waals surface area contributed by atoms with Gasteiger partial charge in [-0.3, -0.25) is 4.79 Å². The lowest BCUT2D eigenvalue weighted by molar-refractivity contribution is -0.547. The molecule has 1 saturated heterocycles. The van der Waals surface area contributed by atoms with Gasteiger partial charge in [-0.05, 0) is 0 Å². The van der Waals surface area contributed by atoms with Gasteiger partial charge in [-0.15, -0.1) is 0 Å². The molecule has 3 N–H and O–H groups in total. The molecule has 1 heterocycles. The van der Waals surface area contributed by atoms with Crippen LogP contribution in [0.5, 0.6) is 0 Å². The molecule has 1 aliphatic rings. The van der Waals surface area contributed by atoms with Gasteiger partial charge in [0.25, 0.3) is 0 Å². The molecule has 0 aromatic heterocycles. The van der Waals surface area contributed by atoms with Crippen LogP contribution in [0.25, 0.3) is 0 Å². The van der Waals surface area contributed by atoms with Crippen molar-refractivity contribution in [2.75, 3.05) is 0 Å². The first-order valence-corrected chi connectivity index (χ1v) is 7.19. The Bertz CT molecular complexity index is 650. The maximum absolute atomic E-state index is 12.2. The molecule has 0 saturated carbocycles. The number of hydrogen-bond donors (Lipinski definition) is 2. The van der Waals surface area contributed by atoms with Crippen LogP contribution in [0.1, 0.15) is 6.42 Å². The molecule has 1 atom stereocenters. The Morgan fingerprint density at radius 3 is 2.00 bits per heavy atom. The molecule has 0 amide bonds. The molecule has 2 aromatic rings. The molecule has 2 aromatic carbocycles. The average Bonchev–Trinajstić information content (AvgIpc) is 2.86. The van der Waals surface area contributed by atoms with E-state index in [2.05, 4.69) is 0 Å². The Morgan fingerprint density at radius 1 is 1.05 bits per heavy atom. The van der Waals surface area contributed by atoms with E-state index in [0.29, 0.717) is 0 Å². The van der Waals surface area contributed by atoms with E-state index >= 15 is 0 Å². The van der Waals surface area contributed by atoms with Gasteiger partial charge in [0.15, 0.2) is 6.04 Å². The van der Waals surface area contributed by atoms with E-state index in [1.54, 1.807) is 5.23 Å². The summed E-state index contributed by atoms with van der Waals surface area (Å²) in [5, 5.41) is 10.7. The topological polar surface area (TPSA) is 80.2 Å². The van der Waals surface area contributed by atoms with Crippen molar-refractivity contribution >= 4 is 29.3 Å². The van der Waals surface area contributed by atoms with Gasteiger partial charge in [0.1, 0.15) is 6.42 Å². The fourth-order valence-corrected chi connectivity index (χ4v) is 3.08. The van der Waals surface area contributed by atoms with E-state index in [1.807, 2.05) is 60.7 Å². The fourth-order valence-electron chi connectivity index (χ4n) is 3.08. The Labute approximate surface area is 127 Å². The van der Waals surface area contributed by atoms with Crippen molar-refractivity contribution in [1.29, 1.82) is 0 Å². The maximum Gasteiger partial charge on any atom is 0.441 e. The van der Waals surface area contributed by atoms with Gasteiger partial charge in [0, 0.05) is 0 Å². The zero-order valence-corrected chi connectivity index (χ0v) is 11.9. The highest BCUT2D eigenvalue weighted by atomic mass is 16.5. The van der Waals surface area contributed by atoms with Crippen LogP contribution in [0.2, 0.25) is 0 Å². The van der Waals surface area contributed by atoms with Gasteiger partial charge in [-0.2, -0.15) is 0 Å². The molecule has 0 bridgehead atoms. The first-order valence-electron chi connectivity index (χ1n) is 7.19. The van der Waals surface area contributed by atoms with E-state index in [4.69, 9.17) is 9.76 Å². The van der Waals surface area contributed by atoms with Crippen LogP contribution < -0.4 is 16.2 Å². The quantitative estimate of drug-likeness (QED) is 0.725. The number of carbonyl (C=O) groups excluding carboxylic acids is 1. The molecule has 1 fully saturated rings. The van der Waals surface area contributed by atoms with Gasteiger partial charge in [0.05, 0.1) is 0 Å². The number of quaternary nitrogens is 1. The normalized spacial score (nSPS) is 19.6. The van der Waals surface area contributed by atoms with Crippen LogP contribution in [0, 0.1) is 0 Å². The van der Waals surface area contributed by atoms with Crippen molar-refractivity contribution in [1.82, 2.24) is 0 Å². The van der Waals surface area contributed by atoms with Crippen molar-refractivity contribution in [3.8, 4) is 0 Å². The molecular formula is C16H16BNO4. The molecular weight excluding hydrogens is 281 g/mol. The third-order valence-corrected chi connectivity index (χ3v) is 4.09. The second kappa shape index (κ2) is 5.65. The van der Waals surface area contributed by atoms with Crippen LogP contribution in [0.15, 0.2) is 60.7 Å². The molecule has 112 valence electrons. The number of carboxylic acids is 1. The Hall–Kier alpha value is -2.60. The van der Waals surface area contributed by atoms with E-state index in [9.17, 15) is 9.59 Å². The number of nitrogens with two attached hydrogens (primary N) is 1. The van der Waals surface area contributed by atoms with E-state index in [0.717, 1.165) is 10.9 Å². The van der Waals surface area contributed by atoms with Gasteiger partial charge < -0.3 is 15.0 Å². The van der Waals surface area contributed by atoms with Crippen LogP contribution in [0.3, 0.4) is 0 Å². The first-order chi connectivity index (χ1) is 10.6. The van der Waals surface area contributed by atoms with Gasteiger partial charge in [-0.25, -0.2) is 4.79 Å². The summed E-state index contributed by atoms with van der Waals surface area (Å²) in [7, 11) is 0. The summed E-state index contributed by atoms with van der Waals surface area (Å²) >= 11 is 0. The Morgan fingerprint density at radius 2 is 1.55 bits per heavy atom. The lowest BCUT2D eigenvalue weighted by atomic mass is 9.42. The van der Waals surface area contributed by atoms with Crippen molar-refractivity contribution in [2.45, 2.75) is 12.5 Å². The number of aliphatic carboxylic acids is 1. The molecule has 1 unspecified atom stereocenters. The molecule has 1 aliphatic heterocycles. The van der Waals surface area contributed by atoms with E-state index in [-0.39, 0.29) is 6.42 Å². The van der Waals surface area contributed by atoms with Crippen molar-refractivity contribution in [3.05, 3.63) is 60.7 Å². The summed E-state index contributed by atoms with van der Waals surface area (Å²) < 4.78 is 5.74. The predicted octanol–water partition coefficient (Wildman–Crippen LogP) is -0.793. The fraction of sp³-hybridized carbons (Fsp3) is 0.125. The third kappa shape index (κ3) is 2.49. The minimum Gasteiger partial charge on any atom is -0.628 e. The smallest absolute Gasteiger partial charge is 0.441 e. The van der Waals surface area contributed by atoms with Gasteiger partial charge >= 0.3 is 18.4 Å². The number of carbonyl (C=O) groups is 2. The zero-order chi connectivity index (χ0) is 15.6. The molecule has 0 spiro atoms. The number of benzene rings is 2. The number of hydrogen-bond acceptors (Lipinski definition) is 3. The molecule has 22 heavy (non-hydrogen) atoms. The number of carboxylic acid groups (broad SMARTS) is 1. The second-order valence-corrected chi connectivity index (χ2v) is 5.50. The standard InChI is InChI=1S/C16H16BNO4/c19-15(20)11-14-16(21)22-17(18-14,12-7-3-1-4-8-12)13-9-5-2-6-10-13/h1-10,14H,11,18H2,(H,19,20). The molecule has 0 aliphatic carbocycles. The SMILES string of the molecule is O=C(O)CC1[NH2+][B-](c2ccccc2)(c2ccccc2)OC1=O. The Kier molecular flexibility index (Phi) is 3.69. The summed E-state index contributed by atoms with van der Waals surface area (Å²) in [6.07, 6.45) is -0.248. The molecule has 3 rings (SSSR count). The first kappa shape index (κ1) is 14.3. The summed E-state index contributed by atoms with van der Waals surface area (Å²) in [5.41, 5.74) is 1.74. The second-order valence-electron chi connectivity index (χ2n) is 5.50. The minimum atomic E-state index is -1.83. The van der Waals surface area contributed by atoms with E-state index < -0.39 is 24.5 Å². The third-order valence-electron chi connectivity index (χ3n) is 4.09. The highest BCUT2D eigenvalue weighted by molar-refractivity contribution is 6.92. The lowest BCUT2D eigenvalue weighted by Crippen LogP contribution is -3.07. The summed E-state index contributed by atoms with van der Waals surface area (Å²) in [6.45, 7) is -1.83. The number of rotatable bonds is 4. The molecule has 6 heteroatoms. The maximum atomic E-state index is 12.2. The minimum absolute atomic E-state index is 0.248. The van der Waals surface area contributed by atoms with Crippen LogP contribution >= 0.6 is 0 Å². The van der Waals surface area contributed by atoms with Crippen molar-refractivity contribution in [3.63, 3.8) is 0 Å².